The lowest BCUT2D eigenvalue weighted by Crippen LogP contribution is -2.24. The average molecular weight is 187 g/mol. The summed E-state index contributed by atoms with van der Waals surface area (Å²) < 4.78 is 0. The molecule has 0 aliphatic rings. The number of nitrogens with two attached hydrogens (primary N) is 1. The number of hydrogen-bond acceptors (Lipinski definition) is 3. The van der Waals surface area contributed by atoms with Crippen LogP contribution in [0.15, 0.2) is 0 Å². The first-order valence-electron chi connectivity index (χ1n) is 4.36. The van der Waals surface area contributed by atoms with Gasteiger partial charge in [0.1, 0.15) is 0 Å². The summed E-state index contributed by atoms with van der Waals surface area (Å²) in [7, 11) is 1.61. The molecular weight excluding hydrogens is 170 g/mol. The van der Waals surface area contributed by atoms with E-state index in [0.29, 0.717) is 19.4 Å². The molecule has 2 amide bonds. The third-order valence-corrected chi connectivity index (χ3v) is 1.58. The molecule has 0 unspecified atom stereocenters. The molecular formula is C8H17N3O2. The normalized spacial score (nSPS) is 9.62. The molecule has 5 heteroatoms. The van der Waals surface area contributed by atoms with Gasteiger partial charge >= 0.3 is 0 Å². The molecule has 0 aromatic rings. The Hall–Kier alpha value is -1.10. The average Bonchev–Trinajstić information content (AvgIpc) is 2.10. The quantitative estimate of drug-likeness (QED) is 0.446. The Kier molecular flexibility index (Phi) is 6.91. The zero-order chi connectivity index (χ0) is 10.1. The van der Waals surface area contributed by atoms with Crippen molar-refractivity contribution in [2.75, 3.05) is 20.1 Å². The molecule has 76 valence electrons. The van der Waals surface area contributed by atoms with E-state index in [2.05, 4.69) is 10.6 Å². The minimum atomic E-state index is -0.307. The number of rotatable bonds is 7. The first-order valence-corrected chi connectivity index (χ1v) is 4.36. The molecule has 0 saturated heterocycles. The van der Waals surface area contributed by atoms with Crippen LogP contribution >= 0.6 is 0 Å². The van der Waals surface area contributed by atoms with E-state index in [-0.39, 0.29) is 11.8 Å². The molecule has 0 bridgehead atoms. The topological polar surface area (TPSA) is 84.2 Å². The van der Waals surface area contributed by atoms with Crippen molar-refractivity contribution in [3.05, 3.63) is 0 Å². The molecule has 0 fully saturated rings. The van der Waals surface area contributed by atoms with Crippen LogP contribution in [0.5, 0.6) is 0 Å². The van der Waals surface area contributed by atoms with E-state index in [1.54, 1.807) is 7.05 Å². The van der Waals surface area contributed by atoms with Crippen molar-refractivity contribution in [3.8, 4) is 0 Å². The largest absolute Gasteiger partial charge is 0.370 e. The van der Waals surface area contributed by atoms with Crippen molar-refractivity contribution in [1.82, 2.24) is 10.6 Å². The smallest absolute Gasteiger partial charge is 0.219 e. The first kappa shape index (κ1) is 11.9. The number of nitrogens with one attached hydrogen (secondary N) is 2. The molecule has 0 radical (unpaired) electrons. The molecule has 0 aliphatic carbocycles. The van der Waals surface area contributed by atoms with Crippen LogP contribution in [-0.2, 0) is 9.59 Å². The van der Waals surface area contributed by atoms with Gasteiger partial charge in [0.2, 0.25) is 11.8 Å². The van der Waals surface area contributed by atoms with Gasteiger partial charge < -0.3 is 16.4 Å². The van der Waals surface area contributed by atoms with Crippen molar-refractivity contribution in [1.29, 1.82) is 0 Å². The van der Waals surface area contributed by atoms with E-state index in [1.807, 2.05) is 0 Å². The molecule has 5 nitrogen and oxygen atoms in total. The second-order valence-corrected chi connectivity index (χ2v) is 2.74. The predicted molar refractivity (Wildman–Crippen MR) is 50.0 cm³/mol. The summed E-state index contributed by atoms with van der Waals surface area (Å²) >= 11 is 0. The molecule has 0 saturated carbocycles. The second-order valence-electron chi connectivity index (χ2n) is 2.74. The Balaban J connectivity index is 3.08. The van der Waals surface area contributed by atoms with Crippen LogP contribution in [0, 0.1) is 0 Å². The Morgan fingerprint density at radius 2 is 1.92 bits per heavy atom. The van der Waals surface area contributed by atoms with Crippen LogP contribution in [0.4, 0.5) is 0 Å². The zero-order valence-corrected chi connectivity index (χ0v) is 7.93. The number of carbonyl (C=O) groups excluding carboxylic acids is 2. The van der Waals surface area contributed by atoms with E-state index in [0.717, 1.165) is 13.0 Å². The summed E-state index contributed by atoms with van der Waals surface area (Å²) in [5, 5.41) is 5.55. The Morgan fingerprint density at radius 1 is 1.23 bits per heavy atom. The fraction of sp³-hybridized carbons (Fsp3) is 0.750. The van der Waals surface area contributed by atoms with Crippen LogP contribution < -0.4 is 16.4 Å². The van der Waals surface area contributed by atoms with Gasteiger partial charge in [-0.3, -0.25) is 9.59 Å². The van der Waals surface area contributed by atoms with Gasteiger partial charge in [0, 0.05) is 26.4 Å². The zero-order valence-electron chi connectivity index (χ0n) is 7.93. The fourth-order valence-corrected chi connectivity index (χ4v) is 0.836. The molecule has 0 atom stereocenters. The molecule has 0 rings (SSSR count). The van der Waals surface area contributed by atoms with Crippen LogP contribution in [0.1, 0.15) is 19.3 Å². The van der Waals surface area contributed by atoms with Gasteiger partial charge in [0.05, 0.1) is 0 Å². The molecule has 0 aliphatic heterocycles. The third-order valence-electron chi connectivity index (χ3n) is 1.58. The van der Waals surface area contributed by atoms with Crippen molar-refractivity contribution < 1.29 is 9.59 Å². The Morgan fingerprint density at radius 3 is 2.46 bits per heavy atom. The van der Waals surface area contributed by atoms with Crippen LogP contribution in [-0.4, -0.2) is 32.0 Å². The number of carbonyl (C=O) groups is 2. The third kappa shape index (κ3) is 8.81. The molecule has 0 heterocycles. The minimum absolute atomic E-state index is 0.0386. The summed E-state index contributed by atoms with van der Waals surface area (Å²) in [6.07, 6.45) is 1.64. The van der Waals surface area contributed by atoms with Gasteiger partial charge in [-0.15, -0.1) is 0 Å². The van der Waals surface area contributed by atoms with E-state index in [4.69, 9.17) is 5.73 Å². The van der Waals surface area contributed by atoms with Crippen LogP contribution in [0.2, 0.25) is 0 Å². The molecule has 0 aromatic heterocycles. The Bertz CT molecular complexity index is 171. The summed E-state index contributed by atoms with van der Waals surface area (Å²) in [6, 6.07) is 0. The standard InChI is InChI=1S/C8H17N3O2/c1-10-8(13)3-2-5-11-6-4-7(9)12/h11H,2-6H2,1H3,(H2,9,12)(H,10,13). The lowest BCUT2D eigenvalue weighted by molar-refractivity contribution is -0.121. The molecule has 13 heavy (non-hydrogen) atoms. The highest BCUT2D eigenvalue weighted by atomic mass is 16.1. The maximum atomic E-state index is 10.7. The van der Waals surface area contributed by atoms with Crippen LogP contribution in [0.3, 0.4) is 0 Å². The highest BCUT2D eigenvalue weighted by Gasteiger charge is 1.97. The van der Waals surface area contributed by atoms with Gasteiger partial charge in [0.25, 0.3) is 0 Å². The highest BCUT2D eigenvalue weighted by molar-refractivity contribution is 5.75. The van der Waals surface area contributed by atoms with E-state index in [1.165, 1.54) is 0 Å². The van der Waals surface area contributed by atoms with Gasteiger partial charge in [-0.2, -0.15) is 0 Å². The van der Waals surface area contributed by atoms with Crippen molar-refractivity contribution in [2.24, 2.45) is 5.73 Å². The van der Waals surface area contributed by atoms with Crippen LogP contribution in [0.25, 0.3) is 0 Å². The second kappa shape index (κ2) is 7.54. The van der Waals surface area contributed by atoms with Gasteiger partial charge in [0.15, 0.2) is 0 Å². The van der Waals surface area contributed by atoms with Crippen molar-refractivity contribution in [3.63, 3.8) is 0 Å². The van der Waals surface area contributed by atoms with E-state index >= 15 is 0 Å². The SMILES string of the molecule is CNC(=O)CCCNCCC(N)=O. The number of hydrogen-bond donors (Lipinski definition) is 3. The summed E-state index contributed by atoms with van der Waals surface area (Å²) in [5.41, 5.74) is 4.93. The first-order chi connectivity index (χ1) is 6.16. The fourth-order valence-electron chi connectivity index (χ4n) is 0.836. The van der Waals surface area contributed by atoms with E-state index in [9.17, 15) is 9.59 Å². The molecule has 0 spiro atoms. The number of primary amides is 1. The summed E-state index contributed by atoms with van der Waals surface area (Å²) in [4.78, 5) is 21.0. The van der Waals surface area contributed by atoms with Gasteiger partial charge in [-0.25, -0.2) is 0 Å². The van der Waals surface area contributed by atoms with Gasteiger partial charge in [-0.05, 0) is 13.0 Å². The summed E-state index contributed by atoms with van der Waals surface area (Å²) in [5.74, 6) is -0.268. The van der Waals surface area contributed by atoms with Gasteiger partial charge in [-0.1, -0.05) is 0 Å². The highest BCUT2D eigenvalue weighted by Crippen LogP contribution is 1.85. The maximum absolute atomic E-state index is 10.7. The predicted octanol–water partition coefficient (Wildman–Crippen LogP) is -1.02. The lowest BCUT2D eigenvalue weighted by Gasteiger charge is -2.02. The minimum Gasteiger partial charge on any atom is -0.370 e. The maximum Gasteiger partial charge on any atom is 0.219 e. The van der Waals surface area contributed by atoms with Crippen molar-refractivity contribution in [2.45, 2.75) is 19.3 Å². The Labute approximate surface area is 78.1 Å². The summed E-state index contributed by atoms with van der Waals surface area (Å²) in [6.45, 7) is 1.32. The monoisotopic (exact) mass is 187 g/mol. The van der Waals surface area contributed by atoms with Crippen molar-refractivity contribution >= 4 is 11.8 Å². The van der Waals surface area contributed by atoms with E-state index < -0.39 is 0 Å². The molecule has 0 aromatic carbocycles. The number of amides is 2. The lowest BCUT2D eigenvalue weighted by atomic mass is 10.3. The molecule has 4 N–H and O–H groups in total.